The number of nitrogens with one attached hydrogen (secondary N) is 2. The zero-order chi connectivity index (χ0) is 25.9. The number of nitrogens with zero attached hydrogens (tertiary/aromatic N) is 2. The predicted molar refractivity (Wildman–Crippen MR) is 148 cm³/mol. The number of hydrogen-bond acceptors (Lipinski definition) is 7. The highest BCUT2D eigenvalue weighted by molar-refractivity contribution is 5.74. The summed E-state index contributed by atoms with van der Waals surface area (Å²) in [5.74, 6) is 2.38. The molecule has 0 aliphatic carbocycles. The van der Waals surface area contributed by atoms with E-state index in [1.807, 2.05) is 49.5 Å². The lowest BCUT2D eigenvalue weighted by molar-refractivity contribution is 0.122. The number of morpholine rings is 1. The highest BCUT2D eigenvalue weighted by Crippen LogP contribution is 2.43. The summed E-state index contributed by atoms with van der Waals surface area (Å²) in [7, 11) is 0. The average Bonchev–Trinajstić information content (AvgIpc) is 2.95. The summed E-state index contributed by atoms with van der Waals surface area (Å²) in [5.41, 5.74) is 6.65. The van der Waals surface area contributed by atoms with Crippen molar-refractivity contribution < 1.29 is 14.2 Å². The number of anilines is 2. The van der Waals surface area contributed by atoms with Crippen LogP contribution in [0.1, 0.15) is 23.6 Å². The number of benzene rings is 2. The normalized spacial score (nSPS) is 14.3. The van der Waals surface area contributed by atoms with Crippen molar-refractivity contribution in [2.45, 2.75) is 19.9 Å². The number of fused-ring (bicyclic) bond motifs is 2. The summed E-state index contributed by atoms with van der Waals surface area (Å²) in [6.45, 7) is 6.08. The molecular formula is C30H30N4O4. The minimum absolute atomic E-state index is 0.129. The molecule has 1 saturated heterocycles. The summed E-state index contributed by atoms with van der Waals surface area (Å²) in [6.07, 6.45) is 4.31. The first-order chi connectivity index (χ1) is 18.7. The van der Waals surface area contributed by atoms with Crippen LogP contribution in [-0.2, 0) is 17.7 Å². The fourth-order valence-electron chi connectivity index (χ4n) is 4.99. The molecule has 0 atom stereocenters. The monoisotopic (exact) mass is 510 g/mol. The number of aromatic nitrogens is 2. The summed E-state index contributed by atoms with van der Waals surface area (Å²) in [4.78, 5) is 22.0. The second kappa shape index (κ2) is 10.6. The standard InChI is InChI=1S/C30H30N4O4/c1-2-37-25-12-20(17-31-19-25)18-32-23-6-7-28-22(14-23)13-21-4-3-5-26(30(21)38-28)27-15-24(16-29(35)33-27)34-8-10-36-11-9-34/h3-7,12,14-17,19,32H,2,8-11,13,18H2,1H3,(H,33,35). The first-order valence-electron chi connectivity index (χ1n) is 13.0. The van der Waals surface area contributed by atoms with Crippen molar-refractivity contribution in [3.05, 3.63) is 94.0 Å². The van der Waals surface area contributed by atoms with E-state index in [2.05, 4.69) is 32.3 Å². The molecule has 6 rings (SSSR count). The molecule has 4 heterocycles. The van der Waals surface area contributed by atoms with Crippen LogP contribution in [0.2, 0.25) is 0 Å². The highest BCUT2D eigenvalue weighted by Gasteiger charge is 2.22. The zero-order valence-electron chi connectivity index (χ0n) is 21.3. The third-order valence-corrected chi connectivity index (χ3v) is 6.82. The zero-order valence-corrected chi connectivity index (χ0v) is 21.3. The van der Waals surface area contributed by atoms with Gasteiger partial charge < -0.3 is 29.4 Å². The smallest absolute Gasteiger partial charge is 0.250 e. The molecule has 4 aromatic rings. The van der Waals surface area contributed by atoms with E-state index in [0.29, 0.717) is 26.4 Å². The van der Waals surface area contributed by atoms with Gasteiger partial charge in [-0.25, -0.2) is 0 Å². The van der Waals surface area contributed by atoms with Crippen molar-refractivity contribution in [3.63, 3.8) is 0 Å². The average molecular weight is 511 g/mol. The summed E-state index contributed by atoms with van der Waals surface area (Å²) < 4.78 is 17.5. The van der Waals surface area contributed by atoms with Gasteiger partial charge in [-0.2, -0.15) is 0 Å². The Kier molecular flexibility index (Phi) is 6.71. The molecule has 2 aromatic carbocycles. The number of hydrogen-bond donors (Lipinski definition) is 2. The Labute approximate surface area is 221 Å². The third kappa shape index (κ3) is 5.08. The number of para-hydroxylation sites is 1. The van der Waals surface area contributed by atoms with Crippen molar-refractivity contribution in [2.75, 3.05) is 43.1 Å². The van der Waals surface area contributed by atoms with E-state index in [4.69, 9.17) is 14.2 Å². The van der Waals surface area contributed by atoms with Gasteiger partial charge in [-0.3, -0.25) is 9.78 Å². The molecule has 2 N–H and O–H groups in total. The third-order valence-electron chi connectivity index (χ3n) is 6.82. The minimum atomic E-state index is -0.129. The number of pyridine rings is 2. The summed E-state index contributed by atoms with van der Waals surface area (Å²) in [6, 6.07) is 17.9. The second-order valence-electron chi connectivity index (χ2n) is 9.43. The van der Waals surface area contributed by atoms with E-state index in [9.17, 15) is 4.79 Å². The largest absolute Gasteiger partial charge is 0.492 e. The van der Waals surface area contributed by atoms with Crippen molar-refractivity contribution in [3.8, 4) is 28.5 Å². The molecular weight excluding hydrogens is 480 g/mol. The molecule has 8 nitrogen and oxygen atoms in total. The maximum atomic E-state index is 12.6. The van der Waals surface area contributed by atoms with Crippen molar-refractivity contribution in [1.29, 1.82) is 0 Å². The topological polar surface area (TPSA) is 88.7 Å². The van der Waals surface area contributed by atoms with Gasteiger partial charge in [-0.1, -0.05) is 12.1 Å². The lowest BCUT2D eigenvalue weighted by atomic mass is 9.96. The molecule has 2 aliphatic heterocycles. The van der Waals surface area contributed by atoms with Gasteiger partial charge >= 0.3 is 0 Å². The lowest BCUT2D eigenvalue weighted by Gasteiger charge is -2.29. The second-order valence-corrected chi connectivity index (χ2v) is 9.43. The molecule has 1 fully saturated rings. The van der Waals surface area contributed by atoms with Gasteiger partial charge in [0.05, 0.1) is 31.7 Å². The van der Waals surface area contributed by atoms with Crippen LogP contribution in [0.5, 0.6) is 17.2 Å². The first kappa shape index (κ1) is 24.1. The molecule has 0 bridgehead atoms. The van der Waals surface area contributed by atoms with Crippen molar-refractivity contribution in [1.82, 2.24) is 9.97 Å². The lowest BCUT2D eigenvalue weighted by Crippen LogP contribution is -2.36. The van der Waals surface area contributed by atoms with Gasteiger partial charge in [0.2, 0.25) is 5.56 Å². The van der Waals surface area contributed by atoms with E-state index in [0.717, 1.165) is 76.1 Å². The van der Waals surface area contributed by atoms with Crippen LogP contribution in [0.25, 0.3) is 11.3 Å². The van der Waals surface area contributed by atoms with Crippen LogP contribution in [0.15, 0.2) is 71.8 Å². The van der Waals surface area contributed by atoms with Crippen molar-refractivity contribution >= 4 is 11.4 Å². The van der Waals surface area contributed by atoms with E-state index in [1.165, 1.54) is 0 Å². The fraction of sp³-hybridized carbons (Fsp3) is 0.267. The van der Waals surface area contributed by atoms with Gasteiger partial charge in [-0.15, -0.1) is 0 Å². The Balaban J connectivity index is 1.23. The van der Waals surface area contributed by atoms with Gasteiger partial charge in [0.15, 0.2) is 0 Å². The van der Waals surface area contributed by atoms with Gasteiger partial charge in [0.1, 0.15) is 17.2 Å². The fourth-order valence-corrected chi connectivity index (χ4v) is 4.99. The summed E-state index contributed by atoms with van der Waals surface area (Å²) in [5, 5.41) is 3.48. The molecule has 194 valence electrons. The molecule has 0 saturated carbocycles. The van der Waals surface area contributed by atoms with E-state index < -0.39 is 0 Å². The molecule has 0 amide bonds. The molecule has 0 spiro atoms. The molecule has 2 aliphatic rings. The van der Waals surface area contributed by atoms with Crippen LogP contribution in [0, 0.1) is 0 Å². The van der Waals surface area contributed by atoms with Crippen LogP contribution in [0.3, 0.4) is 0 Å². The number of ether oxygens (including phenoxy) is 3. The minimum Gasteiger partial charge on any atom is -0.492 e. The highest BCUT2D eigenvalue weighted by atomic mass is 16.5. The Morgan fingerprint density at radius 3 is 2.82 bits per heavy atom. The number of aromatic amines is 1. The number of rotatable bonds is 7. The maximum absolute atomic E-state index is 12.6. The van der Waals surface area contributed by atoms with Crippen LogP contribution in [-0.4, -0.2) is 42.9 Å². The van der Waals surface area contributed by atoms with Gasteiger partial charge in [0.25, 0.3) is 0 Å². The Hall–Kier alpha value is -4.30. The van der Waals surface area contributed by atoms with E-state index >= 15 is 0 Å². The Bertz CT molecular complexity index is 1510. The van der Waals surface area contributed by atoms with Crippen LogP contribution >= 0.6 is 0 Å². The number of H-pyrrole nitrogens is 1. The molecule has 2 aromatic heterocycles. The van der Waals surface area contributed by atoms with E-state index in [1.54, 1.807) is 12.3 Å². The van der Waals surface area contributed by atoms with Crippen molar-refractivity contribution in [2.24, 2.45) is 0 Å². The Morgan fingerprint density at radius 1 is 1.05 bits per heavy atom. The van der Waals surface area contributed by atoms with Gasteiger partial charge in [0, 0.05) is 60.8 Å². The molecule has 0 unspecified atom stereocenters. The van der Waals surface area contributed by atoms with Gasteiger partial charge in [-0.05, 0) is 54.4 Å². The predicted octanol–water partition coefficient (Wildman–Crippen LogP) is 4.98. The SMILES string of the molecule is CCOc1cncc(CNc2ccc3c(c2)Cc2cccc(-c4cc(N5CCOCC5)cc(=O)[nH]4)c2O3)c1. The molecule has 8 heteroatoms. The molecule has 38 heavy (non-hydrogen) atoms. The van der Waals surface area contributed by atoms with Crippen LogP contribution < -0.4 is 25.2 Å². The summed E-state index contributed by atoms with van der Waals surface area (Å²) >= 11 is 0. The van der Waals surface area contributed by atoms with E-state index in [-0.39, 0.29) is 5.56 Å². The molecule has 0 radical (unpaired) electrons. The Morgan fingerprint density at radius 2 is 1.95 bits per heavy atom. The van der Waals surface area contributed by atoms with Crippen LogP contribution in [0.4, 0.5) is 11.4 Å². The quantitative estimate of drug-likeness (QED) is 0.319. The maximum Gasteiger partial charge on any atom is 0.250 e. The first-order valence-corrected chi connectivity index (χ1v) is 13.0.